The zero-order chi connectivity index (χ0) is 21.4. The second-order valence-electron chi connectivity index (χ2n) is 6.27. The molecule has 0 aliphatic rings. The maximum absolute atomic E-state index is 12.4. The number of benzene rings is 2. The number of carbonyl (C=O) groups excluding carboxylic acids is 2. The van der Waals surface area contributed by atoms with Crippen LogP contribution in [0.1, 0.15) is 29.8 Å². The molecule has 0 saturated heterocycles. The van der Waals surface area contributed by atoms with Crippen LogP contribution in [0, 0.1) is 11.3 Å². The topological polar surface area (TPSA) is 97.7 Å². The number of nitriles is 1. The molecule has 0 heterocycles. The second kappa shape index (κ2) is 9.95. The van der Waals surface area contributed by atoms with Crippen molar-refractivity contribution in [3.05, 3.63) is 59.2 Å². The summed E-state index contributed by atoms with van der Waals surface area (Å²) in [5.74, 6) is 0.0379. The zero-order valence-electron chi connectivity index (χ0n) is 16.7. The van der Waals surface area contributed by atoms with Crippen molar-refractivity contribution in [2.75, 3.05) is 19.5 Å². The van der Waals surface area contributed by atoms with Gasteiger partial charge in [-0.05, 0) is 61.9 Å². The number of rotatable bonds is 7. The summed E-state index contributed by atoms with van der Waals surface area (Å²) < 4.78 is 15.6. The molecular formula is C22H22N2O5. The Labute approximate surface area is 169 Å². The molecule has 0 atom stereocenters. The molecule has 0 fully saturated rings. The molecule has 0 saturated carbocycles. The molecule has 2 aromatic carbocycles. The van der Waals surface area contributed by atoms with Crippen LogP contribution >= 0.6 is 0 Å². The van der Waals surface area contributed by atoms with Crippen LogP contribution in [0.25, 0.3) is 6.08 Å². The maximum Gasteiger partial charge on any atom is 0.337 e. The smallest absolute Gasteiger partial charge is 0.337 e. The summed E-state index contributed by atoms with van der Waals surface area (Å²) in [5, 5.41) is 12.0. The number of hydrogen-bond acceptors (Lipinski definition) is 6. The van der Waals surface area contributed by atoms with Crippen molar-refractivity contribution in [3.8, 4) is 17.6 Å². The van der Waals surface area contributed by atoms with Gasteiger partial charge in [0.25, 0.3) is 5.91 Å². The van der Waals surface area contributed by atoms with Crippen LogP contribution < -0.4 is 14.8 Å². The molecule has 150 valence electrons. The molecule has 7 heteroatoms. The van der Waals surface area contributed by atoms with E-state index in [1.807, 2.05) is 19.9 Å². The number of ether oxygens (including phenoxy) is 3. The summed E-state index contributed by atoms with van der Waals surface area (Å²) in [7, 11) is 2.81. The molecule has 0 aliphatic heterocycles. The highest BCUT2D eigenvalue weighted by Gasteiger charge is 2.12. The summed E-state index contributed by atoms with van der Waals surface area (Å²) in [5.41, 5.74) is 1.34. The number of nitrogens with zero attached hydrogens (tertiary/aromatic N) is 1. The van der Waals surface area contributed by atoms with Gasteiger partial charge in [0.2, 0.25) is 0 Å². The van der Waals surface area contributed by atoms with Crippen molar-refractivity contribution in [1.82, 2.24) is 0 Å². The predicted molar refractivity (Wildman–Crippen MR) is 109 cm³/mol. The maximum atomic E-state index is 12.4. The van der Waals surface area contributed by atoms with Crippen LogP contribution in [0.15, 0.2) is 48.0 Å². The number of hydrogen-bond donors (Lipinski definition) is 1. The van der Waals surface area contributed by atoms with E-state index in [1.54, 1.807) is 30.3 Å². The molecule has 0 unspecified atom stereocenters. The standard InChI is InChI=1S/C22H22N2O5/c1-14(2)29-19-10-5-15(12-20(19)27-3)11-17(13-23)21(25)24-18-8-6-16(7-9-18)22(26)28-4/h5-12,14H,1-4H3,(H,24,25)/b17-11+. The molecule has 0 radical (unpaired) electrons. The van der Waals surface area contributed by atoms with Crippen LogP contribution in [-0.2, 0) is 9.53 Å². The molecule has 1 amide bonds. The summed E-state index contributed by atoms with van der Waals surface area (Å²) in [6.45, 7) is 3.81. The third-order valence-electron chi connectivity index (χ3n) is 3.79. The van der Waals surface area contributed by atoms with Gasteiger partial charge in [0, 0.05) is 5.69 Å². The highest BCUT2D eigenvalue weighted by atomic mass is 16.5. The van der Waals surface area contributed by atoms with Gasteiger partial charge in [-0.2, -0.15) is 5.26 Å². The average Bonchev–Trinajstić information content (AvgIpc) is 2.72. The van der Waals surface area contributed by atoms with Gasteiger partial charge in [0.05, 0.1) is 25.9 Å². The molecule has 0 aromatic heterocycles. The van der Waals surface area contributed by atoms with E-state index in [0.717, 1.165) is 0 Å². The SMILES string of the molecule is COC(=O)c1ccc(NC(=O)/C(C#N)=C/c2ccc(OC(C)C)c(OC)c2)cc1. The Kier molecular flexibility index (Phi) is 7.38. The molecule has 7 nitrogen and oxygen atoms in total. The van der Waals surface area contributed by atoms with Crippen LogP contribution in [0.2, 0.25) is 0 Å². The number of anilines is 1. The number of esters is 1. The van der Waals surface area contributed by atoms with E-state index in [4.69, 9.17) is 9.47 Å². The van der Waals surface area contributed by atoms with Crippen molar-refractivity contribution in [2.24, 2.45) is 0 Å². The number of nitrogens with one attached hydrogen (secondary N) is 1. The van der Waals surface area contributed by atoms with Crippen LogP contribution in [0.3, 0.4) is 0 Å². The Hall–Kier alpha value is -3.79. The van der Waals surface area contributed by atoms with Gasteiger partial charge in [0.15, 0.2) is 11.5 Å². The van der Waals surface area contributed by atoms with Crippen molar-refractivity contribution >= 4 is 23.6 Å². The summed E-state index contributed by atoms with van der Waals surface area (Å²) in [6.07, 6.45) is 1.44. The second-order valence-corrected chi connectivity index (χ2v) is 6.27. The van der Waals surface area contributed by atoms with Gasteiger partial charge in [-0.3, -0.25) is 4.79 Å². The minimum absolute atomic E-state index is 0.0173. The lowest BCUT2D eigenvalue weighted by Gasteiger charge is -2.14. The fourth-order valence-electron chi connectivity index (χ4n) is 2.45. The monoisotopic (exact) mass is 394 g/mol. The van der Waals surface area contributed by atoms with E-state index in [1.165, 1.54) is 32.4 Å². The summed E-state index contributed by atoms with van der Waals surface area (Å²) in [6, 6.07) is 13.2. The van der Waals surface area contributed by atoms with Gasteiger partial charge < -0.3 is 19.5 Å². The molecule has 2 rings (SSSR count). The van der Waals surface area contributed by atoms with Crippen LogP contribution in [0.4, 0.5) is 5.69 Å². The fourth-order valence-corrected chi connectivity index (χ4v) is 2.45. The first-order chi connectivity index (χ1) is 13.9. The number of amides is 1. The summed E-state index contributed by atoms with van der Waals surface area (Å²) >= 11 is 0. The van der Waals surface area contributed by atoms with E-state index < -0.39 is 11.9 Å². The first-order valence-electron chi connectivity index (χ1n) is 8.84. The van der Waals surface area contributed by atoms with Crippen molar-refractivity contribution in [1.29, 1.82) is 5.26 Å². The van der Waals surface area contributed by atoms with Crippen molar-refractivity contribution in [3.63, 3.8) is 0 Å². The Morgan fingerprint density at radius 1 is 1.07 bits per heavy atom. The summed E-state index contributed by atoms with van der Waals surface area (Å²) in [4.78, 5) is 23.9. The Balaban J connectivity index is 2.19. The molecule has 0 aliphatic carbocycles. The van der Waals surface area contributed by atoms with E-state index in [2.05, 4.69) is 10.1 Å². The minimum Gasteiger partial charge on any atom is -0.493 e. The quantitative estimate of drug-likeness (QED) is 0.436. The van der Waals surface area contributed by atoms with E-state index in [-0.39, 0.29) is 11.7 Å². The lowest BCUT2D eigenvalue weighted by molar-refractivity contribution is -0.112. The van der Waals surface area contributed by atoms with Crippen LogP contribution in [0.5, 0.6) is 11.5 Å². The average molecular weight is 394 g/mol. The van der Waals surface area contributed by atoms with E-state index in [0.29, 0.717) is 28.3 Å². The first-order valence-corrected chi connectivity index (χ1v) is 8.84. The lowest BCUT2D eigenvalue weighted by Crippen LogP contribution is -2.13. The molecule has 2 aromatic rings. The van der Waals surface area contributed by atoms with Gasteiger partial charge >= 0.3 is 5.97 Å². The Morgan fingerprint density at radius 2 is 1.76 bits per heavy atom. The normalized spacial score (nSPS) is 10.8. The lowest BCUT2D eigenvalue weighted by atomic mass is 10.1. The fraction of sp³-hybridized carbons (Fsp3) is 0.227. The van der Waals surface area contributed by atoms with Crippen molar-refractivity contribution < 1.29 is 23.8 Å². The largest absolute Gasteiger partial charge is 0.493 e. The Bertz CT molecular complexity index is 956. The van der Waals surface area contributed by atoms with Crippen molar-refractivity contribution in [2.45, 2.75) is 20.0 Å². The van der Waals surface area contributed by atoms with E-state index in [9.17, 15) is 14.9 Å². The molecule has 1 N–H and O–H groups in total. The molecule has 0 spiro atoms. The van der Waals surface area contributed by atoms with E-state index >= 15 is 0 Å². The van der Waals surface area contributed by atoms with Crippen LogP contribution in [-0.4, -0.2) is 32.2 Å². The first kappa shape index (κ1) is 21.5. The van der Waals surface area contributed by atoms with Gasteiger partial charge in [-0.25, -0.2) is 4.79 Å². The highest BCUT2D eigenvalue weighted by molar-refractivity contribution is 6.09. The third-order valence-corrected chi connectivity index (χ3v) is 3.79. The molecule has 29 heavy (non-hydrogen) atoms. The Morgan fingerprint density at radius 3 is 2.31 bits per heavy atom. The third kappa shape index (κ3) is 5.84. The minimum atomic E-state index is -0.570. The predicted octanol–water partition coefficient (Wildman–Crippen LogP) is 3.81. The molecule has 0 bridgehead atoms. The number of methoxy groups -OCH3 is 2. The van der Waals surface area contributed by atoms with Gasteiger partial charge in [0.1, 0.15) is 11.6 Å². The molecular weight excluding hydrogens is 372 g/mol. The van der Waals surface area contributed by atoms with Gasteiger partial charge in [-0.1, -0.05) is 6.07 Å². The zero-order valence-corrected chi connectivity index (χ0v) is 16.7. The number of carbonyl (C=O) groups is 2. The highest BCUT2D eigenvalue weighted by Crippen LogP contribution is 2.29. The van der Waals surface area contributed by atoms with Gasteiger partial charge in [-0.15, -0.1) is 0 Å².